The number of halogens is 1. The Kier molecular flexibility index (Phi) is 9.41. The van der Waals surface area contributed by atoms with Crippen molar-refractivity contribution in [2.75, 3.05) is 44.2 Å². The van der Waals surface area contributed by atoms with E-state index in [2.05, 4.69) is 16.7 Å². The third-order valence-electron chi connectivity index (χ3n) is 7.58. The summed E-state index contributed by atoms with van der Waals surface area (Å²) < 4.78 is 22.3. The molecule has 0 radical (unpaired) electrons. The molecule has 4 rings (SSSR count). The van der Waals surface area contributed by atoms with Gasteiger partial charge in [-0.05, 0) is 44.9 Å². The second-order valence-corrected chi connectivity index (χ2v) is 10.4. The number of rotatable bonds is 13. The summed E-state index contributed by atoms with van der Waals surface area (Å²) in [6, 6.07) is 3.37. The lowest BCUT2D eigenvalue weighted by Gasteiger charge is -2.36. The average Bonchev–Trinajstić information content (AvgIpc) is 3.72. The van der Waals surface area contributed by atoms with Gasteiger partial charge in [0.15, 0.2) is 0 Å². The molecule has 0 atom stereocenters. The van der Waals surface area contributed by atoms with E-state index >= 15 is 4.39 Å². The molecule has 6 nitrogen and oxygen atoms in total. The van der Waals surface area contributed by atoms with Crippen LogP contribution in [0.4, 0.5) is 10.1 Å². The predicted molar refractivity (Wildman–Crippen MR) is 144 cm³/mol. The molecule has 7 heteroatoms. The molecule has 1 aliphatic heterocycles. The number of aromatic nitrogens is 1. The minimum absolute atomic E-state index is 0.0158. The topological polar surface area (TPSA) is 54.8 Å². The van der Waals surface area contributed by atoms with Gasteiger partial charge in [0.25, 0.3) is 0 Å². The Balaban J connectivity index is 1.39. The lowest BCUT2D eigenvalue weighted by atomic mass is 10.1. The predicted octanol–water partition coefficient (Wildman–Crippen LogP) is 5.91. The van der Waals surface area contributed by atoms with Gasteiger partial charge >= 0.3 is 5.97 Å². The van der Waals surface area contributed by atoms with Crippen molar-refractivity contribution in [3.63, 3.8) is 0 Å². The summed E-state index contributed by atoms with van der Waals surface area (Å²) >= 11 is 0. The highest BCUT2D eigenvalue weighted by Gasteiger charge is 2.29. The van der Waals surface area contributed by atoms with E-state index in [4.69, 9.17) is 4.74 Å². The average molecular weight is 500 g/mol. The number of carbonyl (C=O) groups excluding carboxylic acids is 1. The summed E-state index contributed by atoms with van der Waals surface area (Å²) in [5, 5.41) is 0.252. The number of unbranched alkanes of at least 4 members (excludes halogenated alkanes) is 7. The van der Waals surface area contributed by atoms with Crippen LogP contribution in [-0.2, 0) is 4.74 Å². The Morgan fingerprint density at radius 2 is 1.64 bits per heavy atom. The number of anilines is 1. The normalized spacial score (nSPS) is 16.6. The van der Waals surface area contributed by atoms with E-state index < -0.39 is 17.2 Å². The van der Waals surface area contributed by atoms with Crippen molar-refractivity contribution < 1.29 is 13.9 Å². The number of fused-ring (bicyclic) bond motifs is 1. The molecular formula is C29H42FN3O3. The third-order valence-corrected chi connectivity index (χ3v) is 7.58. The highest BCUT2D eigenvalue weighted by atomic mass is 19.1. The van der Waals surface area contributed by atoms with E-state index in [1.54, 1.807) is 13.1 Å². The number of piperazine rings is 1. The smallest absolute Gasteiger partial charge is 0.343 e. The Bertz CT molecular complexity index is 1090. The van der Waals surface area contributed by atoms with Gasteiger partial charge in [-0.3, -0.25) is 9.69 Å². The van der Waals surface area contributed by atoms with Crippen molar-refractivity contribution in [3.05, 3.63) is 39.9 Å². The van der Waals surface area contributed by atoms with E-state index in [0.717, 1.165) is 45.6 Å². The fourth-order valence-corrected chi connectivity index (χ4v) is 5.29. The first-order valence-corrected chi connectivity index (χ1v) is 14.1. The van der Waals surface area contributed by atoms with Crippen LogP contribution in [-0.4, -0.2) is 54.8 Å². The Morgan fingerprint density at radius 1 is 0.972 bits per heavy atom. The first-order valence-electron chi connectivity index (χ1n) is 14.1. The number of hydrogen-bond acceptors (Lipinski definition) is 5. The van der Waals surface area contributed by atoms with Gasteiger partial charge in [0.1, 0.15) is 11.4 Å². The van der Waals surface area contributed by atoms with Crippen molar-refractivity contribution in [3.8, 4) is 0 Å². The van der Waals surface area contributed by atoms with Gasteiger partial charge in [-0.15, -0.1) is 0 Å². The van der Waals surface area contributed by atoms with Gasteiger partial charge in [-0.1, -0.05) is 51.9 Å². The van der Waals surface area contributed by atoms with Crippen molar-refractivity contribution in [2.24, 2.45) is 0 Å². The lowest BCUT2D eigenvalue weighted by molar-refractivity contribution is 0.0524. The maximum atomic E-state index is 15.3. The van der Waals surface area contributed by atoms with Gasteiger partial charge in [0, 0.05) is 43.8 Å². The van der Waals surface area contributed by atoms with Crippen LogP contribution in [0, 0.1) is 5.82 Å². The first-order chi connectivity index (χ1) is 17.5. The molecule has 0 N–H and O–H groups in total. The molecule has 2 heterocycles. The van der Waals surface area contributed by atoms with Crippen LogP contribution in [0.3, 0.4) is 0 Å². The molecule has 0 spiro atoms. The number of nitrogens with zero attached hydrogens (tertiary/aromatic N) is 3. The summed E-state index contributed by atoms with van der Waals surface area (Å²) in [5.74, 6) is -1.05. The zero-order chi connectivity index (χ0) is 25.5. The fourth-order valence-electron chi connectivity index (χ4n) is 5.29. The monoisotopic (exact) mass is 499 g/mol. The summed E-state index contributed by atoms with van der Waals surface area (Å²) in [7, 11) is 0. The van der Waals surface area contributed by atoms with Crippen LogP contribution in [0.15, 0.2) is 23.1 Å². The fraction of sp³-hybridized carbons (Fsp3) is 0.655. The van der Waals surface area contributed by atoms with E-state index in [9.17, 15) is 9.59 Å². The van der Waals surface area contributed by atoms with Crippen molar-refractivity contribution in [2.45, 2.75) is 84.1 Å². The van der Waals surface area contributed by atoms with Crippen LogP contribution in [0.5, 0.6) is 0 Å². The van der Waals surface area contributed by atoms with Gasteiger partial charge in [-0.2, -0.15) is 0 Å². The number of benzene rings is 1. The van der Waals surface area contributed by atoms with Gasteiger partial charge in [0.05, 0.1) is 17.8 Å². The summed E-state index contributed by atoms with van der Waals surface area (Å²) in [4.78, 5) is 30.0. The minimum atomic E-state index is -0.643. The van der Waals surface area contributed by atoms with Crippen molar-refractivity contribution >= 4 is 22.6 Å². The zero-order valence-electron chi connectivity index (χ0n) is 22.1. The summed E-state index contributed by atoms with van der Waals surface area (Å²) in [6.45, 7) is 8.65. The molecule has 1 saturated heterocycles. The van der Waals surface area contributed by atoms with Gasteiger partial charge in [0.2, 0.25) is 5.43 Å². The molecule has 1 aromatic heterocycles. The van der Waals surface area contributed by atoms with Crippen LogP contribution in [0.2, 0.25) is 0 Å². The van der Waals surface area contributed by atoms with Gasteiger partial charge in [-0.25, -0.2) is 9.18 Å². The molecule has 1 aliphatic carbocycles. The molecule has 2 aliphatic rings. The largest absolute Gasteiger partial charge is 0.462 e. The lowest BCUT2D eigenvalue weighted by Crippen LogP contribution is -2.47. The quantitative estimate of drug-likeness (QED) is 0.253. The van der Waals surface area contributed by atoms with Crippen molar-refractivity contribution in [1.29, 1.82) is 0 Å². The molecular weight excluding hydrogens is 457 g/mol. The molecule has 0 unspecified atom stereocenters. The van der Waals surface area contributed by atoms with E-state index in [1.807, 2.05) is 10.6 Å². The molecule has 0 amide bonds. The number of carbonyl (C=O) groups is 1. The van der Waals surface area contributed by atoms with Crippen LogP contribution >= 0.6 is 0 Å². The molecule has 1 saturated carbocycles. The van der Waals surface area contributed by atoms with Gasteiger partial charge < -0.3 is 14.2 Å². The molecule has 2 aromatic rings. The number of ether oxygens (including phenoxy) is 1. The molecule has 2 fully saturated rings. The minimum Gasteiger partial charge on any atom is -0.462 e. The standard InChI is InChI=1S/C29H42FN3O3/c1-3-5-6-7-8-9-10-11-14-31-15-17-32(18-16-31)27-20-26-23(19-25(27)30)28(34)24(29(35)36-4-2)21-33(26)22-12-13-22/h19-22H,3-18H2,1-2H3. The van der Waals surface area contributed by atoms with Crippen LogP contribution in [0.25, 0.3) is 10.9 Å². The van der Waals surface area contributed by atoms with Crippen LogP contribution in [0.1, 0.15) is 94.5 Å². The van der Waals surface area contributed by atoms with Crippen LogP contribution < -0.4 is 10.3 Å². The number of pyridine rings is 1. The molecule has 1 aromatic carbocycles. The zero-order valence-corrected chi connectivity index (χ0v) is 22.1. The maximum Gasteiger partial charge on any atom is 0.343 e. The Morgan fingerprint density at radius 3 is 2.28 bits per heavy atom. The van der Waals surface area contributed by atoms with E-state index in [-0.39, 0.29) is 23.6 Å². The Hall–Kier alpha value is -2.41. The summed E-state index contributed by atoms with van der Waals surface area (Å²) in [6.07, 6.45) is 14.2. The highest BCUT2D eigenvalue weighted by Crippen LogP contribution is 2.38. The van der Waals surface area contributed by atoms with Crippen molar-refractivity contribution in [1.82, 2.24) is 9.47 Å². The SMILES string of the molecule is CCCCCCCCCCN1CCN(c2cc3c(cc2F)c(=O)c(C(=O)OCC)cn3C2CC2)CC1. The second kappa shape index (κ2) is 12.7. The molecule has 36 heavy (non-hydrogen) atoms. The third kappa shape index (κ3) is 6.47. The first kappa shape index (κ1) is 26.6. The maximum absolute atomic E-state index is 15.3. The molecule has 198 valence electrons. The number of hydrogen-bond donors (Lipinski definition) is 0. The highest BCUT2D eigenvalue weighted by molar-refractivity contribution is 5.94. The van der Waals surface area contributed by atoms with E-state index in [0.29, 0.717) is 11.2 Å². The molecule has 0 bridgehead atoms. The Labute approximate surface area is 214 Å². The summed E-state index contributed by atoms with van der Waals surface area (Å²) in [5.41, 5.74) is 0.777. The van der Waals surface area contributed by atoms with E-state index in [1.165, 1.54) is 57.4 Å². The second-order valence-electron chi connectivity index (χ2n) is 10.4. The number of esters is 1.